The third-order valence-corrected chi connectivity index (χ3v) is 7.68. The van der Waals surface area contributed by atoms with Crippen molar-refractivity contribution >= 4 is 32.7 Å². The van der Waals surface area contributed by atoms with E-state index in [2.05, 4.69) is 29.8 Å². The van der Waals surface area contributed by atoms with Crippen molar-refractivity contribution in [1.29, 1.82) is 0 Å². The highest BCUT2D eigenvalue weighted by atomic mass is 79.9. The minimum Gasteiger partial charge on any atom is -0.497 e. The van der Waals surface area contributed by atoms with Gasteiger partial charge < -0.3 is 19.1 Å². The molecule has 4 rings (SSSR count). The third kappa shape index (κ3) is 5.84. The molecule has 0 aliphatic rings. The molecule has 40 heavy (non-hydrogen) atoms. The molecule has 0 aliphatic carbocycles. The Morgan fingerprint density at radius 3 is 2.25 bits per heavy atom. The standard InChI is InChI=1S/C31H34BrN3O5/c1-19(2)15-16-34(30(36)21-11-13-22(38-4)14-12-21)20(3)29-33-25-10-8-7-9-24(25)31(37)35(29)26-17-23(39-5)18-27(40-6)28(26)32/h7-14,17-20H,15-16H2,1-6H3. The summed E-state index contributed by atoms with van der Waals surface area (Å²) in [6.45, 7) is 6.62. The minimum absolute atomic E-state index is 0.160. The van der Waals surface area contributed by atoms with Crippen LogP contribution in [0.1, 0.15) is 49.4 Å². The number of rotatable bonds is 10. The van der Waals surface area contributed by atoms with Crippen molar-refractivity contribution in [3.05, 3.63) is 86.9 Å². The first-order valence-electron chi connectivity index (χ1n) is 13.1. The molecule has 0 radical (unpaired) electrons. The molecule has 9 heteroatoms. The molecule has 210 valence electrons. The number of aromatic nitrogens is 2. The molecule has 0 N–H and O–H groups in total. The smallest absolute Gasteiger partial charge is 0.266 e. The van der Waals surface area contributed by atoms with Crippen LogP contribution in [0, 0.1) is 5.92 Å². The highest BCUT2D eigenvalue weighted by Crippen LogP contribution is 2.37. The Hall–Kier alpha value is -3.85. The van der Waals surface area contributed by atoms with Gasteiger partial charge in [-0.1, -0.05) is 26.0 Å². The summed E-state index contributed by atoms with van der Waals surface area (Å²) < 4.78 is 18.5. The summed E-state index contributed by atoms with van der Waals surface area (Å²) in [6, 6.07) is 17.2. The van der Waals surface area contributed by atoms with Gasteiger partial charge >= 0.3 is 0 Å². The van der Waals surface area contributed by atoms with Gasteiger partial charge in [-0.25, -0.2) is 4.98 Å². The maximum Gasteiger partial charge on any atom is 0.266 e. The molecule has 1 unspecified atom stereocenters. The average Bonchev–Trinajstić information content (AvgIpc) is 2.97. The van der Waals surface area contributed by atoms with Crippen LogP contribution in [0.2, 0.25) is 0 Å². The lowest BCUT2D eigenvalue weighted by atomic mass is 10.1. The molecular formula is C31H34BrN3O5. The second-order valence-electron chi connectivity index (χ2n) is 9.88. The van der Waals surface area contributed by atoms with Crippen LogP contribution in [0.4, 0.5) is 0 Å². The molecule has 1 atom stereocenters. The predicted octanol–water partition coefficient (Wildman–Crippen LogP) is 6.42. The monoisotopic (exact) mass is 607 g/mol. The van der Waals surface area contributed by atoms with Gasteiger partial charge in [-0.05, 0) is 71.6 Å². The summed E-state index contributed by atoms with van der Waals surface area (Å²) in [5, 5.41) is 0.461. The summed E-state index contributed by atoms with van der Waals surface area (Å²) in [5.41, 5.74) is 1.32. The number of ether oxygens (including phenoxy) is 3. The van der Waals surface area contributed by atoms with Gasteiger partial charge in [0.1, 0.15) is 23.1 Å². The number of para-hydroxylation sites is 1. The van der Waals surface area contributed by atoms with Gasteiger partial charge in [0.05, 0.1) is 48.4 Å². The predicted molar refractivity (Wildman–Crippen MR) is 160 cm³/mol. The van der Waals surface area contributed by atoms with Gasteiger partial charge in [-0.15, -0.1) is 0 Å². The van der Waals surface area contributed by atoms with E-state index in [1.54, 1.807) is 73.3 Å². The number of halogens is 1. The van der Waals surface area contributed by atoms with Crippen LogP contribution < -0.4 is 19.8 Å². The Kier molecular flexibility index (Phi) is 9.14. The molecule has 0 fully saturated rings. The van der Waals surface area contributed by atoms with Crippen LogP contribution in [-0.4, -0.2) is 48.2 Å². The number of hydrogen-bond acceptors (Lipinski definition) is 6. The fraction of sp³-hybridized carbons (Fsp3) is 0.323. The Morgan fingerprint density at radius 1 is 0.950 bits per heavy atom. The maximum atomic E-state index is 14.1. The van der Waals surface area contributed by atoms with E-state index in [0.29, 0.717) is 62.2 Å². The summed E-state index contributed by atoms with van der Waals surface area (Å²) in [6.07, 6.45) is 0.778. The fourth-order valence-corrected chi connectivity index (χ4v) is 5.13. The van der Waals surface area contributed by atoms with E-state index in [9.17, 15) is 9.59 Å². The molecule has 3 aromatic carbocycles. The Labute approximate surface area is 242 Å². The summed E-state index contributed by atoms with van der Waals surface area (Å²) in [5.74, 6) is 2.30. The minimum atomic E-state index is -0.560. The highest BCUT2D eigenvalue weighted by molar-refractivity contribution is 9.10. The first-order valence-corrected chi connectivity index (χ1v) is 13.9. The molecule has 0 saturated heterocycles. The summed E-state index contributed by atoms with van der Waals surface area (Å²) in [7, 11) is 4.69. The van der Waals surface area contributed by atoms with E-state index in [1.165, 1.54) is 0 Å². The van der Waals surface area contributed by atoms with Crippen LogP contribution in [0.5, 0.6) is 17.2 Å². The van der Waals surface area contributed by atoms with E-state index in [-0.39, 0.29) is 11.5 Å². The van der Waals surface area contributed by atoms with Crippen LogP contribution in [0.25, 0.3) is 16.6 Å². The van der Waals surface area contributed by atoms with Crippen molar-refractivity contribution < 1.29 is 19.0 Å². The van der Waals surface area contributed by atoms with Gasteiger partial charge in [-0.2, -0.15) is 0 Å². The van der Waals surface area contributed by atoms with Crippen LogP contribution in [-0.2, 0) is 0 Å². The largest absolute Gasteiger partial charge is 0.497 e. The number of amides is 1. The van der Waals surface area contributed by atoms with Crippen LogP contribution >= 0.6 is 15.9 Å². The summed E-state index contributed by atoms with van der Waals surface area (Å²) >= 11 is 3.63. The number of nitrogens with zero attached hydrogens (tertiary/aromatic N) is 3. The van der Waals surface area contributed by atoms with Crippen LogP contribution in [0.15, 0.2) is 69.9 Å². The molecule has 8 nitrogen and oxygen atoms in total. The quantitative estimate of drug-likeness (QED) is 0.207. The average molecular weight is 609 g/mol. The van der Waals surface area contributed by atoms with E-state index < -0.39 is 6.04 Å². The molecule has 0 aliphatic heterocycles. The summed E-state index contributed by atoms with van der Waals surface area (Å²) in [4.78, 5) is 34.8. The zero-order valence-corrected chi connectivity index (χ0v) is 25.2. The topological polar surface area (TPSA) is 82.9 Å². The van der Waals surface area contributed by atoms with E-state index in [4.69, 9.17) is 19.2 Å². The second-order valence-corrected chi connectivity index (χ2v) is 10.7. The number of methoxy groups -OCH3 is 3. The first kappa shape index (κ1) is 29.1. The Balaban J connectivity index is 1.96. The van der Waals surface area contributed by atoms with Crippen molar-refractivity contribution in [2.24, 2.45) is 5.92 Å². The van der Waals surface area contributed by atoms with Gasteiger partial charge in [0.15, 0.2) is 0 Å². The van der Waals surface area contributed by atoms with Crippen molar-refractivity contribution in [3.8, 4) is 22.9 Å². The van der Waals surface area contributed by atoms with Gasteiger partial charge in [0.2, 0.25) is 0 Å². The zero-order valence-electron chi connectivity index (χ0n) is 23.6. The Morgan fingerprint density at radius 2 is 1.62 bits per heavy atom. The van der Waals surface area contributed by atoms with E-state index in [0.717, 1.165) is 6.42 Å². The van der Waals surface area contributed by atoms with Crippen molar-refractivity contribution in [3.63, 3.8) is 0 Å². The first-order chi connectivity index (χ1) is 19.2. The van der Waals surface area contributed by atoms with Gasteiger partial charge in [0, 0.05) is 24.2 Å². The molecule has 1 amide bonds. The highest BCUT2D eigenvalue weighted by Gasteiger charge is 2.29. The lowest BCUT2D eigenvalue weighted by molar-refractivity contribution is 0.0671. The van der Waals surface area contributed by atoms with Crippen LogP contribution in [0.3, 0.4) is 0 Å². The lowest BCUT2D eigenvalue weighted by Gasteiger charge is -2.31. The molecule has 0 bridgehead atoms. The molecule has 0 spiro atoms. The van der Waals surface area contributed by atoms with Gasteiger partial charge in [0.25, 0.3) is 11.5 Å². The molecule has 4 aromatic rings. The maximum absolute atomic E-state index is 14.1. The van der Waals surface area contributed by atoms with Crippen molar-refractivity contribution in [2.45, 2.75) is 33.2 Å². The number of fused-ring (bicyclic) bond motifs is 1. The number of hydrogen-bond donors (Lipinski definition) is 0. The normalized spacial score (nSPS) is 11.9. The van der Waals surface area contributed by atoms with E-state index in [1.807, 2.05) is 25.1 Å². The molecule has 0 saturated carbocycles. The second kappa shape index (κ2) is 12.6. The van der Waals surface area contributed by atoms with Crippen molar-refractivity contribution in [2.75, 3.05) is 27.9 Å². The molecule has 1 heterocycles. The van der Waals surface area contributed by atoms with E-state index >= 15 is 0 Å². The SMILES string of the molecule is COc1ccc(C(=O)N(CCC(C)C)C(C)c2nc3ccccc3c(=O)n2-c2cc(OC)cc(OC)c2Br)cc1. The Bertz CT molecular complexity index is 1570. The van der Waals surface area contributed by atoms with Gasteiger partial charge in [-0.3, -0.25) is 14.2 Å². The zero-order chi connectivity index (χ0) is 29.0. The number of benzene rings is 3. The lowest BCUT2D eigenvalue weighted by Crippen LogP contribution is -2.38. The third-order valence-electron chi connectivity index (χ3n) is 6.88. The van der Waals surface area contributed by atoms with Crippen molar-refractivity contribution in [1.82, 2.24) is 14.5 Å². The fourth-order valence-electron chi connectivity index (χ4n) is 4.56. The number of carbonyl (C=O) groups is 1. The molecule has 1 aromatic heterocycles. The number of carbonyl (C=O) groups excluding carboxylic acids is 1. The molecular weight excluding hydrogens is 574 g/mol.